The molecule has 5 heteroatoms. The highest BCUT2D eigenvalue weighted by Gasteiger charge is 2.29. The molecular formula is C21H24BrN3O. The summed E-state index contributed by atoms with van der Waals surface area (Å²) < 4.78 is 1.02. The summed E-state index contributed by atoms with van der Waals surface area (Å²) in [6.07, 6.45) is 9.12. The predicted molar refractivity (Wildman–Crippen MR) is 108 cm³/mol. The largest absolute Gasteiger partial charge is 0.352 e. The van der Waals surface area contributed by atoms with Gasteiger partial charge in [0.1, 0.15) is 5.82 Å². The second-order valence-electron chi connectivity index (χ2n) is 7.43. The van der Waals surface area contributed by atoms with Crippen molar-refractivity contribution in [2.75, 3.05) is 11.9 Å². The Kier molecular flexibility index (Phi) is 5.25. The Morgan fingerprint density at radius 3 is 2.69 bits per heavy atom. The number of pyridine rings is 1. The molecule has 26 heavy (non-hydrogen) atoms. The van der Waals surface area contributed by atoms with E-state index < -0.39 is 0 Å². The van der Waals surface area contributed by atoms with Crippen LogP contribution in [0.1, 0.15) is 60.4 Å². The van der Waals surface area contributed by atoms with Crippen LogP contribution in [0.3, 0.4) is 0 Å². The van der Waals surface area contributed by atoms with E-state index in [1.54, 1.807) is 6.20 Å². The standard InChI is InChI=1S/C21H24BrN3O/c22-16-6-3-7-17(10-16)25-20-11-18(15-8-9-15)19(13-23-20)21(26)24-12-14-4-1-2-5-14/h3,6-7,10-11,13-15H,1-2,4-5,8-9,12H2,(H,23,25)(H,24,26). The van der Waals surface area contributed by atoms with Gasteiger partial charge in [-0.05, 0) is 67.3 Å². The van der Waals surface area contributed by atoms with Crippen molar-refractivity contribution in [3.63, 3.8) is 0 Å². The number of nitrogens with zero attached hydrogens (tertiary/aromatic N) is 1. The molecule has 2 saturated carbocycles. The summed E-state index contributed by atoms with van der Waals surface area (Å²) in [5.74, 6) is 1.96. The summed E-state index contributed by atoms with van der Waals surface area (Å²) in [6, 6.07) is 10.0. The van der Waals surface area contributed by atoms with Gasteiger partial charge < -0.3 is 10.6 Å². The molecule has 2 aromatic rings. The van der Waals surface area contributed by atoms with E-state index in [0.717, 1.165) is 46.5 Å². The molecule has 2 aliphatic rings. The molecule has 1 aromatic heterocycles. The van der Waals surface area contributed by atoms with Gasteiger partial charge in [-0.3, -0.25) is 4.79 Å². The van der Waals surface area contributed by atoms with Gasteiger partial charge >= 0.3 is 0 Å². The second kappa shape index (κ2) is 7.78. The lowest BCUT2D eigenvalue weighted by atomic mass is 10.0. The predicted octanol–water partition coefficient (Wildman–Crippen LogP) is 5.39. The first-order valence-electron chi connectivity index (χ1n) is 9.50. The fourth-order valence-electron chi connectivity index (χ4n) is 3.72. The number of rotatable bonds is 6. The Bertz CT molecular complexity index is 798. The molecule has 2 N–H and O–H groups in total. The lowest BCUT2D eigenvalue weighted by Gasteiger charge is -2.14. The fraction of sp³-hybridized carbons (Fsp3) is 0.429. The van der Waals surface area contributed by atoms with Gasteiger partial charge in [0.25, 0.3) is 5.91 Å². The molecule has 4 nitrogen and oxygen atoms in total. The maximum atomic E-state index is 12.7. The van der Waals surface area contributed by atoms with E-state index in [1.807, 2.05) is 30.3 Å². The van der Waals surface area contributed by atoms with Crippen LogP contribution in [0, 0.1) is 5.92 Å². The zero-order valence-electron chi connectivity index (χ0n) is 14.8. The third kappa shape index (κ3) is 4.26. The van der Waals surface area contributed by atoms with E-state index >= 15 is 0 Å². The van der Waals surface area contributed by atoms with Gasteiger partial charge in [0, 0.05) is 22.9 Å². The first kappa shape index (κ1) is 17.5. The number of benzene rings is 1. The van der Waals surface area contributed by atoms with Gasteiger partial charge in [-0.25, -0.2) is 4.98 Å². The molecule has 0 radical (unpaired) electrons. The summed E-state index contributed by atoms with van der Waals surface area (Å²) in [5, 5.41) is 6.47. The van der Waals surface area contributed by atoms with Crippen molar-refractivity contribution in [3.05, 3.63) is 52.1 Å². The van der Waals surface area contributed by atoms with E-state index in [-0.39, 0.29) is 5.91 Å². The average Bonchev–Trinajstić information content (AvgIpc) is 3.35. The van der Waals surface area contributed by atoms with Gasteiger partial charge in [0.05, 0.1) is 5.56 Å². The van der Waals surface area contributed by atoms with Crippen LogP contribution in [-0.2, 0) is 0 Å². The van der Waals surface area contributed by atoms with Crippen LogP contribution in [0.2, 0.25) is 0 Å². The number of nitrogens with one attached hydrogen (secondary N) is 2. The summed E-state index contributed by atoms with van der Waals surface area (Å²) in [5.41, 5.74) is 2.85. The van der Waals surface area contributed by atoms with E-state index in [9.17, 15) is 4.79 Å². The lowest BCUT2D eigenvalue weighted by molar-refractivity contribution is 0.0946. The molecule has 0 atom stereocenters. The number of carbonyl (C=O) groups excluding carboxylic acids is 1. The number of hydrogen-bond donors (Lipinski definition) is 2. The van der Waals surface area contributed by atoms with E-state index in [4.69, 9.17) is 0 Å². The minimum absolute atomic E-state index is 0.0281. The van der Waals surface area contributed by atoms with Crippen molar-refractivity contribution in [2.45, 2.75) is 44.4 Å². The van der Waals surface area contributed by atoms with Gasteiger partial charge in [-0.1, -0.05) is 34.8 Å². The van der Waals surface area contributed by atoms with Gasteiger partial charge in [0.15, 0.2) is 0 Å². The van der Waals surface area contributed by atoms with Crippen LogP contribution in [0.5, 0.6) is 0 Å². The molecule has 1 aromatic carbocycles. The Hall–Kier alpha value is -1.88. The van der Waals surface area contributed by atoms with Crippen LogP contribution in [0.15, 0.2) is 41.0 Å². The van der Waals surface area contributed by atoms with E-state index in [0.29, 0.717) is 11.8 Å². The second-order valence-corrected chi connectivity index (χ2v) is 8.34. The van der Waals surface area contributed by atoms with Crippen molar-refractivity contribution >= 4 is 33.3 Å². The molecule has 0 saturated heterocycles. The highest BCUT2D eigenvalue weighted by molar-refractivity contribution is 9.10. The van der Waals surface area contributed by atoms with Crippen LogP contribution in [-0.4, -0.2) is 17.4 Å². The molecule has 0 spiro atoms. The highest BCUT2D eigenvalue weighted by Crippen LogP contribution is 2.42. The SMILES string of the molecule is O=C(NCC1CCCC1)c1cnc(Nc2cccc(Br)c2)cc1C1CC1. The van der Waals surface area contributed by atoms with Crippen molar-refractivity contribution in [1.29, 1.82) is 0 Å². The molecule has 0 unspecified atom stereocenters. The van der Waals surface area contributed by atoms with E-state index in [1.165, 1.54) is 25.7 Å². The van der Waals surface area contributed by atoms with Crippen molar-refractivity contribution in [2.24, 2.45) is 5.92 Å². The number of amides is 1. The van der Waals surface area contributed by atoms with E-state index in [2.05, 4.69) is 31.5 Å². The number of halogens is 1. The first-order chi connectivity index (χ1) is 12.7. The third-order valence-corrected chi connectivity index (χ3v) is 5.81. The summed E-state index contributed by atoms with van der Waals surface area (Å²) in [7, 11) is 0. The molecule has 4 rings (SSSR count). The minimum Gasteiger partial charge on any atom is -0.352 e. The Morgan fingerprint density at radius 1 is 1.15 bits per heavy atom. The Balaban J connectivity index is 1.49. The monoisotopic (exact) mass is 413 g/mol. The normalized spacial score (nSPS) is 17.3. The fourth-order valence-corrected chi connectivity index (χ4v) is 4.12. The minimum atomic E-state index is 0.0281. The van der Waals surface area contributed by atoms with Crippen LogP contribution < -0.4 is 10.6 Å². The van der Waals surface area contributed by atoms with Crippen molar-refractivity contribution in [1.82, 2.24) is 10.3 Å². The number of carbonyl (C=O) groups is 1. The molecule has 0 aliphatic heterocycles. The molecular weight excluding hydrogens is 390 g/mol. The van der Waals surface area contributed by atoms with Crippen LogP contribution in [0.25, 0.3) is 0 Å². The summed E-state index contributed by atoms with van der Waals surface area (Å²) >= 11 is 3.49. The smallest absolute Gasteiger partial charge is 0.253 e. The maximum absolute atomic E-state index is 12.7. The average molecular weight is 414 g/mol. The molecule has 2 aliphatic carbocycles. The van der Waals surface area contributed by atoms with Crippen molar-refractivity contribution in [3.8, 4) is 0 Å². The zero-order chi connectivity index (χ0) is 17.9. The molecule has 2 fully saturated rings. The number of anilines is 2. The summed E-state index contributed by atoms with van der Waals surface area (Å²) in [4.78, 5) is 17.2. The van der Waals surface area contributed by atoms with Gasteiger partial charge in [0.2, 0.25) is 0 Å². The summed E-state index contributed by atoms with van der Waals surface area (Å²) in [6.45, 7) is 0.793. The van der Waals surface area contributed by atoms with Crippen LogP contribution >= 0.6 is 15.9 Å². The van der Waals surface area contributed by atoms with Crippen molar-refractivity contribution < 1.29 is 4.79 Å². The molecule has 0 bridgehead atoms. The highest BCUT2D eigenvalue weighted by atomic mass is 79.9. The molecule has 1 amide bonds. The molecule has 1 heterocycles. The van der Waals surface area contributed by atoms with Crippen LogP contribution in [0.4, 0.5) is 11.5 Å². The third-order valence-electron chi connectivity index (χ3n) is 5.32. The molecule has 136 valence electrons. The maximum Gasteiger partial charge on any atom is 0.253 e. The zero-order valence-corrected chi connectivity index (χ0v) is 16.4. The quantitative estimate of drug-likeness (QED) is 0.667. The van der Waals surface area contributed by atoms with Gasteiger partial charge in [-0.15, -0.1) is 0 Å². The number of hydrogen-bond acceptors (Lipinski definition) is 3. The Labute approximate surface area is 162 Å². The first-order valence-corrected chi connectivity index (χ1v) is 10.3. The topological polar surface area (TPSA) is 54.0 Å². The number of aromatic nitrogens is 1. The van der Waals surface area contributed by atoms with Gasteiger partial charge in [-0.2, -0.15) is 0 Å². The lowest BCUT2D eigenvalue weighted by Crippen LogP contribution is -2.29. The Morgan fingerprint density at radius 2 is 1.96 bits per heavy atom.